The number of nitriles is 1. The summed E-state index contributed by atoms with van der Waals surface area (Å²) in [5, 5.41) is 15.3. The third kappa shape index (κ3) is 3.35. The summed E-state index contributed by atoms with van der Waals surface area (Å²) in [6, 6.07) is 16.5. The van der Waals surface area contributed by atoms with E-state index < -0.39 is 0 Å². The monoisotopic (exact) mass is 514 g/mol. The van der Waals surface area contributed by atoms with E-state index in [1.807, 2.05) is 24.3 Å². The Labute approximate surface area is 218 Å². The molecule has 2 aromatic carbocycles. The number of fused-ring (bicyclic) bond motifs is 1. The van der Waals surface area contributed by atoms with Crippen molar-refractivity contribution in [1.82, 2.24) is 14.6 Å². The molecule has 4 fully saturated rings. The summed E-state index contributed by atoms with van der Waals surface area (Å²) in [4.78, 5) is 16.9. The molecule has 0 aliphatic heterocycles. The van der Waals surface area contributed by atoms with Crippen LogP contribution < -0.4 is 5.56 Å². The van der Waals surface area contributed by atoms with Crippen LogP contribution in [0.1, 0.15) is 49.8 Å². The minimum Gasteiger partial charge on any atom is -0.339 e. The van der Waals surface area contributed by atoms with Gasteiger partial charge < -0.3 is 4.98 Å². The average molecular weight is 515 g/mol. The Kier molecular flexibility index (Phi) is 4.90. The highest BCUT2D eigenvalue weighted by Crippen LogP contribution is 2.61. The fourth-order valence-corrected chi connectivity index (χ4v) is 8.14. The number of aromatic nitrogens is 3. The van der Waals surface area contributed by atoms with E-state index in [0.717, 1.165) is 59.4 Å². The predicted molar refractivity (Wildman–Crippen MR) is 141 cm³/mol. The number of hydrogen-bond acceptors (Lipinski definition) is 3. The van der Waals surface area contributed by atoms with Crippen LogP contribution in [0.15, 0.2) is 53.3 Å². The van der Waals surface area contributed by atoms with E-state index in [4.69, 9.17) is 28.3 Å². The molecule has 5 nitrogen and oxygen atoms in total. The van der Waals surface area contributed by atoms with Crippen LogP contribution in [0.3, 0.4) is 0 Å². The van der Waals surface area contributed by atoms with E-state index in [0.29, 0.717) is 26.9 Å². The van der Waals surface area contributed by atoms with Gasteiger partial charge in [0, 0.05) is 22.1 Å². The molecule has 7 heteroatoms. The van der Waals surface area contributed by atoms with Gasteiger partial charge in [0.25, 0.3) is 5.56 Å². The molecule has 0 amide bonds. The molecule has 4 aromatic rings. The van der Waals surface area contributed by atoms with Crippen molar-refractivity contribution in [3.05, 3.63) is 80.2 Å². The summed E-state index contributed by atoms with van der Waals surface area (Å²) in [6.07, 6.45) is 7.34. The van der Waals surface area contributed by atoms with Crippen molar-refractivity contribution >= 4 is 28.8 Å². The highest BCUT2D eigenvalue weighted by molar-refractivity contribution is 6.36. The van der Waals surface area contributed by atoms with Crippen LogP contribution in [-0.2, 0) is 5.41 Å². The molecule has 4 aliphatic carbocycles. The summed E-state index contributed by atoms with van der Waals surface area (Å²) in [6.45, 7) is 0. The number of nitrogens with zero attached hydrogens (tertiary/aromatic N) is 3. The number of rotatable bonds is 3. The zero-order valence-corrected chi connectivity index (χ0v) is 21.1. The topological polar surface area (TPSA) is 73.9 Å². The zero-order chi connectivity index (χ0) is 24.6. The molecule has 0 unspecified atom stereocenters. The van der Waals surface area contributed by atoms with Crippen molar-refractivity contribution < 1.29 is 0 Å². The largest absolute Gasteiger partial charge is 0.339 e. The lowest BCUT2D eigenvalue weighted by atomic mass is 9.48. The van der Waals surface area contributed by atoms with Crippen molar-refractivity contribution in [3.63, 3.8) is 0 Å². The van der Waals surface area contributed by atoms with Crippen LogP contribution >= 0.6 is 23.2 Å². The van der Waals surface area contributed by atoms with E-state index in [9.17, 15) is 10.1 Å². The summed E-state index contributed by atoms with van der Waals surface area (Å²) < 4.78 is 1.52. The smallest absolute Gasteiger partial charge is 0.274 e. The van der Waals surface area contributed by atoms with Gasteiger partial charge in [0.05, 0.1) is 33.6 Å². The normalized spacial score (nSPS) is 26.4. The lowest BCUT2D eigenvalue weighted by Gasteiger charge is -2.56. The van der Waals surface area contributed by atoms with Crippen LogP contribution in [0, 0.1) is 29.1 Å². The maximum atomic E-state index is 13.4. The summed E-state index contributed by atoms with van der Waals surface area (Å²) in [7, 11) is 0. The summed E-state index contributed by atoms with van der Waals surface area (Å²) in [5.41, 5.74) is 5.26. The molecule has 36 heavy (non-hydrogen) atoms. The van der Waals surface area contributed by atoms with Gasteiger partial charge in [-0.25, -0.2) is 0 Å². The summed E-state index contributed by atoms with van der Waals surface area (Å²) >= 11 is 13.0. The molecule has 4 aliphatic rings. The lowest BCUT2D eigenvalue weighted by Crippen LogP contribution is -2.49. The van der Waals surface area contributed by atoms with Crippen molar-refractivity contribution in [2.24, 2.45) is 17.8 Å². The number of hydrogen-bond donors (Lipinski definition) is 1. The minimum atomic E-state index is -0.189. The van der Waals surface area contributed by atoms with E-state index >= 15 is 0 Å². The van der Waals surface area contributed by atoms with Crippen molar-refractivity contribution in [2.75, 3.05) is 0 Å². The van der Waals surface area contributed by atoms with Crippen molar-refractivity contribution in [2.45, 2.75) is 43.9 Å². The Bertz CT molecular complexity index is 1590. The van der Waals surface area contributed by atoms with Gasteiger partial charge in [0.2, 0.25) is 0 Å². The first-order valence-corrected chi connectivity index (χ1v) is 13.3. The standard InChI is InChI=1S/C29H24Cl2N4O/c30-21-5-6-22(23(31)10-21)26-27(29-12-17-7-18(13-29)9-19(8-17)14-29)34-35-25(36)11-24(33-28(26)35)20-3-1-16(15-32)2-4-20/h1-6,10-11,17-19,33H,7-9,12-14H2. The Balaban J connectivity index is 1.50. The van der Waals surface area contributed by atoms with Gasteiger partial charge in [-0.1, -0.05) is 41.4 Å². The quantitative estimate of drug-likeness (QED) is 0.319. The third-order valence-corrected chi connectivity index (χ3v) is 9.23. The van der Waals surface area contributed by atoms with Gasteiger partial charge in [-0.3, -0.25) is 4.79 Å². The van der Waals surface area contributed by atoms with Crippen LogP contribution in [0.25, 0.3) is 28.0 Å². The van der Waals surface area contributed by atoms with E-state index in [1.165, 1.54) is 23.8 Å². The maximum Gasteiger partial charge on any atom is 0.274 e. The number of benzene rings is 2. The SMILES string of the molecule is N#Cc1ccc(-c2cc(=O)n3nc(C45CC6CC(CC(C6)C4)C5)c(-c4ccc(Cl)cc4Cl)c3[nH]2)cc1. The van der Waals surface area contributed by atoms with Gasteiger partial charge in [0.1, 0.15) is 5.65 Å². The molecule has 1 N–H and O–H groups in total. The van der Waals surface area contributed by atoms with Gasteiger partial charge in [-0.15, -0.1) is 0 Å². The Morgan fingerprint density at radius 1 is 0.972 bits per heavy atom. The second kappa shape index (κ2) is 7.96. The number of nitrogens with one attached hydrogen (secondary N) is 1. The number of H-pyrrole nitrogens is 1. The number of halogens is 2. The molecule has 8 rings (SSSR count). The average Bonchev–Trinajstić information content (AvgIpc) is 3.24. The van der Waals surface area contributed by atoms with E-state index in [-0.39, 0.29) is 11.0 Å². The Hall–Kier alpha value is -3.07. The third-order valence-electron chi connectivity index (χ3n) is 8.68. The first kappa shape index (κ1) is 22.2. The van der Waals surface area contributed by atoms with Gasteiger partial charge in [-0.2, -0.15) is 14.9 Å². The molecule has 0 radical (unpaired) electrons. The highest BCUT2D eigenvalue weighted by Gasteiger charge is 2.54. The highest BCUT2D eigenvalue weighted by atomic mass is 35.5. The second-order valence-corrected chi connectivity index (χ2v) is 11.9. The maximum absolute atomic E-state index is 13.4. The summed E-state index contributed by atoms with van der Waals surface area (Å²) in [5.74, 6) is 2.21. The fourth-order valence-electron chi connectivity index (χ4n) is 7.64. The second-order valence-electron chi connectivity index (χ2n) is 11.0. The molecule has 0 saturated heterocycles. The molecular weight excluding hydrogens is 491 g/mol. The number of aromatic amines is 1. The molecular formula is C29H24Cl2N4O. The first-order chi connectivity index (χ1) is 17.4. The van der Waals surface area contributed by atoms with Crippen molar-refractivity contribution in [3.8, 4) is 28.5 Å². The van der Waals surface area contributed by atoms with Gasteiger partial charge in [0.15, 0.2) is 0 Å². The van der Waals surface area contributed by atoms with Crippen LogP contribution in [-0.4, -0.2) is 14.6 Å². The van der Waals surface area contributed by atoms with Crippen molar-refractivity contribution in [1.29, 1.82) is 5.26 Å². The molecule has 4 bridgehead atoms. The fraction of sp³-hybridized carbons (Fsp3) is 0.345. The molecule has 2 aromatic heterocycles. The van der Waals surface area contributed by atoms with Gasteiger partial charge >= 0.3 is 0 Å². The molecule has 2 heterocycles. The van der Waals surface area contributed by atoms with Gasteiger partial charge in [-0.05, 0) is 86.1 Å². The molecule has 180 valence electrons. The van der Waals surface area contributed by atoms with E-state index in [2.05, 4.69) is 11.1 Å². The first-order valence-electron chi connectivity index (χ1n) is 12.5. The Morgan fingerprint density at radius 3 is 2.25 bits per heavy atom. The molecule has 0 atom stereocenters. The van der Waals surface area contributed by atoms with Crippen LogP contribution in [0.2, 0.25) is 10.0 Å². The zero-order valence-electron chi connectivity index (χ0n) is 19.6. The minimum absolute atomic E-state index is 0.0338. The molecule has 0 spiro atoms. The Morgan fingerprint density at radius 2 is 1.64 bits per heavy atom. The molecule has 4 saturated carbocycles. The van der Waals surface area contributed by atoms with E-state index in [1.54, 1.807) is 24.3 Å². The lowest BCUT2D eigenvalue weighted by molar-refractivity contribution is -0.00705. The van der Waals surface area contributed by atoms with Crippen LogP contribution in [0.5, 0.6) is 0 Å². The predicted octanol–water partition coefficient (Wildman–Crippen LogP) is 7.00. The van der Waals surface area contributed by atoms with Crippen LogP contribution in [0.4, 0.5) is 0 Å².